The Kier molecular flexibility index (Phi) is 2.69. The molecule has 0 aromatic carbocycles. The van der Waals surface area contributed by atoms with E-state index in [2.05, 4.69) is 4.98 Å². The van der Waals surface area contributed by atoms with Crippen molar-refractivity contribution in [2.45, 2.75) is 13.8 Å². The van der Waals surface area contributed by atoms with Crippen LogP contribution >= 0.6 is 7.14 Å². The molecule has 0 amide bonds. The van der Waals surface area contributed by atoms with Gasteiger partial charge in [-0.25, -0.2) is 0 Å². The Bertz CT molecular complexity index is 305. The van der Waals surface area contributed by atoms with E-state index in [0.717, 1.165) is 11.0 Å². The largest absolute Gasteiger partial charge is 0.317 e. The number of aryl methyl sites for hydroxylation is 1. The van der Waals surface area contributed by atoms with Crippen molar-refractivity contribution in [2.75, 3.05) is 12.8 Å². The average molecular weight is 183 g/mol. The molecule has 0 fully saturated rings. The minimum atomic E-state index is -2.16. The number of pyridine rings is 1. The Hall–Kier alpha value is -0.620. The van der Waals surface area contributed by atoms with E-state index < -0.39 is 7.14 Å². The molecule has 0 aliphatic rings. The van der Waals surface area contributed by atoms with Gasteiger partial charge in [-0.2, -0.15) is 0 Å². The Morgan fingerprint density at radius 2 is 2.17 bits per heavy atom. The smallest absolute Gasteiger partial charge is 0.129 e. The summed E-state index contributed by atoms with van der Waals surface area (Å²) < 4.78 is 11.8. The number of hydrogen-bond acceptors (Lipinski definition) is 2. The summed E-state index contributed by atoms with van der Waals surface area (Å²) in [5.74, 6) is 0. The third-order valence-corrected chi connectivity index (χ3v) is 4.42. The van der Waals surface area contributed by atoms with Gasteiger partial charge in [0.25, 0.3) is 0 Å². The van der Waals surface area contributed by atoms with E-state index in [0.29, 0.717) is 6.16 Å². The van der Waals surface area contributed by atoms with Crippen LogP contribution in [0.1, 0.15) is 12.5 Å². The lowest BCUT2D eigenvalue weighted by molar-refractivity contribution is 0.585. The molecule has 1 atom stereocenters. The van der Waals surface area contributed by atoms with Crippen LogP contribution < -0.4 is 5.44 Å². The fraction of sp³-hybridized carbons (Fsp3) is 0.444. The normalized spacial score (nSPS) is 15.6. The van der Waals surface area contributed by atoms with Crippen molar-refractivity contribution in [1.82, 2.24) is 4.98 Å². The Morgan fingerprint density at radius 3 is 2.58 bits per heavy atom. The number of rotatable bonds is 2. The zero-order valence-corrected chi connectivity index (χ0v) is 8.64. The first-order valence-corrected chi connectivity index (χ1v) is 6.40. The van der Waals surface area contributed by atoms with Crippen molar-refractivity contribution >= 4 is 12.6 Å². The molecule has 66 valence electrons. The quantitative estimate of drug-likeness (QED) is 0.656. The molecule has 1 heterocycles. The van der Waals surface area contributed by atoms with Crippen LogP contribution in [0.15, 0.2) is 18.3 Å². The maximum Gasteiger partial charge on any atom is 0.129 e. The van der Waals surface area contributed by atoms with Gasteiger partial charge < -0.3 is 4.57 Å². The lowest BCUT2D eigenvalue weighted by Crippen LogP contribution is -2.09. The second-order valence-corrected chi connectivity index (χ2v) is 6.40. The summed E-state index contributed by atoms with van der Waals surface area (Å²) in [5, 5.41) is 0. The zero-order valence-electron chi connectivity index (χ0n) is 7.74. The van der Waals surface area contributed by atoms with Crippen LogP contribution in [-0.4, -0.2) is 17.8 Å². The maximum atomic E-state index is 11.8. The van der Waals surface area contributed by atoms with Crippen LogP contribution in [0.2, 0.25) is 0 Å². The monoisotopic (exact) mass is 183 g/mol. The van der Waals surface area contributed by atoms with Gasteiger partial charge in [-0.1, -0.05) is 13.0 Å². The van der Waals surface area contributed by atoms with Gasteiger partial charge in [-0.05, 0) is 25.2 Å². The Labute approximate surface area is 73.4 Å². The first-order valence-electron chi connectivity index (χ1n) is 4.06. The Morgan fingerprint density at radius 1 is 1.50 bits per heavy atom. The molecule has 0 radical (unpaired) electrons. The van der Waals surface area contributed by atoms with E-state index in [1.807, 2.05) is 26.0 Å². The number of hydrogen-bond donors (Lipinski definition) is 0. The maximum absolute atomic E-state index is 11.8. The summed E-state index contributed by atoms with van der Waals surface area (Å²) >= 11 is 0. The molecule has 0 bridgehead atoms. The summed E-state index contributed by atoms with van der Waals surface area (Å²) in [6.07, 6.45) is 2.45. The second kappa shape index (κ2) is 3.40. The van der Waals surface area contributed by atoms with Crippen molar-refractivity contribution in [3.63, 3.8) is 0 Å². The van der Waals surface area contributed by atoms with Crippen LogP contribution in [0.25, 0.3) is 0 Å². The summed E-state index contributed by atoms with van der Waals surface area (Å²) in [7, 11) is -2.16. The fourth-order valence-electron chi connectivity index (χ4n) is 0.902. The molecule has 0 saturated carbocycles. The lowest BCUT2D eigenvalue weighted by Gasteiger charge is -2.08. The zero-order chi connectivity index (χ0) is 9.19. The van der Waals surface area contributed by atoms with Gasteiger partial charge in [0.1, 0.15) is 7.14 Å². The Balaban J connectivity index is 3.05. The molecule has 2 nitrogen and oxygen atoms in total. The number of nitrogens with zero attached hydrogens (tertiary/aromatic N) is 1. The standard InChI is InChI=1S/C9H14NOP/c1-4-12(3,11)9-6-5-8(2)7-10-9/h5-7H,4H2,1-3H3. The molecule has 3 heteroatoms. The molecule has 1 aromatic heterocycles. The SMILES string of the molecule is CCP(C)(=O)c1ccc(C)cn1. The van der Waals surface area contributed by atoms with Crippen molar-refractivity contribution in [3.8, 4) is 0 Å². The minimum absolute atomic E-state index is 0.684. The molecule has 1 unspecified atom stereocenters. The molecule has 1 aromatic rings. The van der Waals surface area contributed by atoms with Gasteiger partial charge in [-0.3, -0.25) is 4.98 Å². The first kappa shape index (κ1) is 9.47. The van der Waals surface area contributed by atoms with Crippen molar-refractivity contribution in [2.24, 2.45) is 0 Å². The van der Waals surface area contributed by atoms with Gasteiger partial charge >= 0.3 is 0 Å². The van der Waals surface area contributed by atoms with Gasteiger partial charge in [-0.15, -0.1) is 0 Å². The van der Waals surface area contributed by atoms with E-state index in [9.17, 15) is 4.57 Å². The van der Waals surface area contributed by atoms with Gasteiger partial charge in [0.2, 0.25) is 0 Å². The fourth-order valence-corrected chi connectivity index (χ4v) is 1.92. The molecular weight excluding hydrogens is 169 g/mol. The summed E-state index contributed by atoms with van der Waals surface area (Å²) in [6.45, 7) is 5.69. The number of aromatic nitrogens is 1. The predicted molar refractivity (Wildman–Crippen MR) is 52.7 cm³/mol. The molecule has 0 aliphatic heterocycles. The third-order valence-electron chi connectivity index (χ3n) is 1.98. The molecule has 0 spiro atoms. The predicted octanol–water partition coefficient (Wildman–Crippen LogP) is 2.03. The van der Waals surface area contributed by atoms with Crippen molar-refractivity contribution in [3.05, 3.63) is 23.9 Å². The summed E-state index contributed by atoms with van der Waals surface area (Å²) in [4.78, 5) is 4.16. The van der Waals surface area contributed by atoms with Crippen LogP contribution in [0.4, 0.5) is 0 Å². The van der Waals surface area contributed by atoms with E-state index in [-0.39, 0.29) is 0 Å². The molecule has 1 rings (SSSR count). The molecule has 0 N–H and O–H groups in total. The highest BCUT2D eigenvalue weighted by Gasteiger charge is 2.15. The van der Waals surface area contributed by atoms with Gasteiger partial charge in [0, 0.05) is 12.4 Å². The van der Waals surface area contributed by atoms with E-state index in [1.165, 1.54) is 0 Å². The van der Waals surface area contributed by atoms with E-state index in [4.69, 9.17) is 0 Å². The van der Waals surface area contributed by atoms with E-state index in [1.54, 1.807) is 12.9 Å². The highest BCUT2D eigenvalue weighted by molar-refractivity contribution is 7.70. The molecule has 0 aliphatic carbocycles. The second-order valence-electron chi connectivity index (χ2n) is 3.11. The van der Waals surface area contributed by atoms with Crippen molar-refractivity contribution < 1.29 is 4.57 Å². The molecular formula is C9H14NOP. The minimum Gasteiger partial charge on any atom is -0.317 e. The van der Waals surface area contributed by atoms with Gasteiger partial charge in [0.05, 0.1) is 5.44 Å². The highest BCUT2D eigenvalue weighted by atomic mass is 31.2. The van der Waals surface area contributed by atoms with Crippen LogP contribution in [-0.2, 0) is 4.57 Å². The first-order chi connectivity index (χ1) is 5.56. The lowest BCUT2D eigenvalue weighted by atomic mass is 10.3. The molecule has 12 heavy (non-hydrogen) atoms. The average Bonchev–Trinajstić information content (AvgIpc) is 2.05. The van der Waals surface area contributed by atoms with Gasteiger partial charge in [0.15, 0.2) is 0 Å². The topological polar surface area (TPSA) is 30.0 Å². The van der Waals surface area contributed by atoms with Crippen molar-refractivity contribution in [1.29, 1.82) is 0 Å². The summed E-state index contributed by atoms with van der Waals surface area (Å²) in [5.41, 5.74) is 1.85. The van der Waals surface area contributed by atoms with Crippen LogP contribution in [0.3, 0.4) is 0 Å². The highest BCUT2D eigenvalue weighted by Crippen LogP contribution is 2.37. The summed E-state index contributed by atoms with van der Waals surface area (Å²) in [6, 6.07) is 3.81. The van der Waals surface area contributed by atoms with E-state index >= 15 is 0 Å². The molecule has 0 saturated heterocycles. The third kappa shape index (κ3) is 1.95. The van der Waals surface area contributed by atoms with Crippen LogP contribution in [0, 0.1) is 6.92 Å². The van der Waals surface area contributed by atoms with Crippen LogP contribution in [0.5, 0.6) is 0 Å².